The molecule has 0 heterocycles. The Bertz CT molecular complexity index is 1440. The number of anilines is 2. The molecule has 0 saturated heterocycles. The first kappa shape index (κ1) is 26.4. The number of esters is 1. The van der Waals surface area contributed by atoms with E-state index in [9.17, 15) is 17.8 Å². The monoisotopic (exact) mass is 512 g/mol. The molecule has 0 fully saturated rings. The molecule has 188 valence electrons. The molecule has 36 heavy (non-hydrogen) atoms. The van der Waals surface area contributed by atoms with Crippen molar-refractivity contribution < 1.29 is 27.6 Å². The number of azo groups is 2. The normalized spacial score (nSPS) is 11.9. The molecule has 3 aromatic rings. The number of nitrogen functional groups attached to an aromatic ring is 2. The number of carbonyl (C=O) groups is 1. The summed E-state index contributed by atoms with van der Waals surface area (Å²) >= 11 is 0. The highest BCUT2D eigenvalue weighted by Crippen LogP contribution is 2.43. The first-order valence-electron chi connectivity index (χ1n) is 10.6. The number of nitrogens with two attached hydrogens (primary N) is 2. The fraction of sp³-hybridized carbons (Fsp3) is 0.174. The molecule has 13 heteroatoms. The van der Waals surface area contributed by atoms with E-state index < -0.39 is 26.7 Å². The lowest BCUT2D eigenvalue weighted by molar-refractivity contribution is 0.0601. The molecule has 0 aliphatic carbocycles. The van der Waals surface area contributed by atoms with Crippen LogP contribution in [0.1, 0.15) is 22.3 Å². The second-order valence-corrected chi connectivity index (χ2v) is 8.84. The zero-order valence-corrected chi connectivity index (χ0v) is 20.0. The van der Waals surface area contributed by atoms with E-state index >= 15 is 0 Å². The van der Waals surface area contributed by atoms with Crippen LogP contribution in [0.2, 0.25) is 0 Å². The van der Waals surface area contributed by atoms with Gasteiger partial charge in [-0.15, -0.1) is 15.3 Å². The van der Waals surface area contributed by atoms with Crippen molar-refractivity contribution in [2.75, 3.05) is 25.2 Å². The van der Waals surface area contributed by atoms with Gasteiger partial charge >= 0.3 is 5.97 Å². The maximum Gasteiger partial charge on any atom is 0.340 e. The molecule has 0 atom stereocenters. The lowest BCUT2D eigenvalue weighted by atomic mass is 10.1. The average Bonchev–Trinajstić information content (AvgIpc) is 2.86. The van der Waals surface area contributed by atoms with E-state index in [1.807, 2.05) is 6.07 Å². The Balaban J connectivity index is 2.08. The summed E-state index contributed by atoms with van der Waals surface area (Å²) in [6.45, 7) is 0.0492. The van der Waals surface area contributed by atoms with Gasteiger partial charge in [-0.25, -0.2) is 4.79 Å². The smallest absolute Gasteiger partial charge is 0.340 e. The van der Waals surface area contributed by atoms with E-state index in [0.717, 1.165) is 11.6 Å². The quantitative estimate of drug-likeness (QED) is 0.137. The lowest BCUT2D eigenvalue weighted by Gasteiger charge is -2.10. The molecule has 0 bridgehead atoms. The van der Waals surface area contributed by atoms with Crippen LogP contribution < -0.4 is 11.5 Å². The van der Waals surface area contributed by atoms with Crippen LogP contribution in [-0.4, -0.2) is 37.8 Å². The van der Waals surface area contributed by atoms with E-state index in [4.69, 9.17) is 21.3 Å². The molecule has 0 aromatic heterocycles. The van der Waals surface area contributed by atoms with Gasteiger partial charge in [0, 0.05) is 6.61 Å². The van der Waals surface area contributed by atoms with Crippen LogP contribution >= 0.6 is 0 Å². The third-order valence-electron chi connectivity index (χ3n) is 4.97. The van der Waals surface area contributed by atoms with Gasteiger partial charge in [0.25, 0.3) is 10.1 Å². The maximum absolute atomic E-state index is 12.0. The summed E-state index contributed by atoms with van der Waals surface area (Å²) in [4.78, 5) is 11.3. The van der Waals surface area contributed by atoms with Crippen molar-refractivity contribution in [2.45, 2.75) is 17.7 Å². The van der Waals surface area contributed by atoms with Crippen molar-refractivity contribution >= 4 is 50.2 Å². The van der Waals surface area contributed by atoms with Gasteiger partial charge in [-0.05, 0) is 48.7 Å². The number of aliphatic hydroxyl groups excluding tert-OH is 1. The van der Waals surface area contributed by atoms with Gasteiger partial charge in [0.05, 0.1) is 29.7 Å². The van der Waals surface area contributed by atoms with Crippen LogP contribution in [0.4, 0.5) is 34.1 Å². The van der Waals surface area contributed by atoms with Gasteiger partial charge in [-0.3, -0.25) is 4.55 Å². The number of hydrogen-bond acceptors (Lipinski definition) is 11. The third kappa shape index (κ3) is 6.27. The zero-order valence-electron chi connectivity index (χ0n) is 19.2. The first-order valence-corrected chi connectivity index (χ1v) is 12.0. The topological polar surface area (TPSA) is 202 Å². The highest BCUT2D eigenvalue weighted by atomic mass is 32.2. The predicted octanol–water partition coefficient (Wildman–Crippen LogP) is 4.64. The van der Waals surface area contributed by atoms with Crippen molar-refractivity contribution in [1.29, 1.82) is 0 Å². The molecular weight excluding hydrogens is 488 g/mol. The van der Waals surface area contributed by atoms with Crippen LogP contribution in [0.3, 0.4) is 0 Å². The van der Waals surface area contributed by atoms with Crippen molar-refractivity contribution in [3.8, 4) is 0 Å². The summed E-state index contributed by atoms with van der Waals surface area (Å²) in [6.07, 6.45) is 1.21. The molecular formula is C23H24N6O6S. The van der Waals surface area contributed by atoms with E-state index in [2.05, 4.69) is 20.5 Å². The van der Waals surface area contributed by atoms with Crippen molar-refractivity contribution in [1.82, 2.24) is 0 Å². The lowest BCUT2D eigenvalue weighted by Crippen LogP contribution is -2.05. The second-order valence-electron chi connectivity index (χ2n) is 7.45. The fourth-order valence-corrected chi connectivity index (χ4v) is 3.82. The van der Waals surface area contributed by atoms with E-state index in [1.54, 1.807) is 30.3 Å². The molecule has 0 amide bonds. The van der Waals surface area contributed by atoms with Crippen molar-refractivity contribution in [2.24, 2.45) is 20.5 Å². The highest BCUT2D eigenvalue weighted by Gasteiger charge is 2.22. The average molecular weight is 513 g/mol. The molecule has 0 unspecified atom stereocenters. The molecule has 0 saturated carbocycles. The Hall–Kier alpha value is -4.20. The third-order valence-corrected chi connectivity index (χ3v) is 5.87. The van der Waals surface area contributed by atoms with Crippen LogP contribution in [0.5, 0.6) is 0 Å². The summed E-state index contributed by atoms with van der Waals surface area (Å²) < 4.78 is 38.3. The first-order chi connectivity index (χ1) is 17.2. The van der Waals surface area contributed by atoms with Gasteiger partial charge in [0.1, 0.15) is 22.0 Å². The van der Waals surface area contributed by atoms with Crippen molar-refractivity contribution in [3.05, 3.63) is 65.7 Å². The standard InChI is InChI=1S/C23H24N6O6S/c1-35-23(31)16-9-2-3-10-17(16)27-29-22-20(24)18(13-19(21(22)25)36(32,33)34)28-26-15-8-4-6-14(12-15)7-5-11-30/h2-4,6,8-10,12-13,30H,5,7,11,24-25H2,1H3,(H,32,33,34)/b28-26+,29-27+. The summed E-state index contributed by atoms with van der Waals surface area (Å²) in [7, 11) is -3.58. The van der Waals surface area contributed by atoms with Crippen LogP contribution in [0.25, 0.3) is 0 Å². The number of nitrogens with zero attached hydrogens (tertiary/aromatic N) is 4. The van der Waals surface area contributed by atoms with Gasteiger partial charge < -0.3 is 21.3 Å². The molecule has 3 rings (SSSR count). The van der Waals surface area contributed by atoms with E-state index in [1.165, 1.54) is 19.2 Å². The summed E-state index contributed by atoms with van der Waals surface area (Å²) in [6, 6.07) is 14.2. The minimum Gasteiger partial charge on any atom is -0.465 e. The number of ether oxygens (including phenoxy) is 1. The van der Waals surface area contributed by atoms with E-state index in [-0.39, 0.29) is 34.9 Å². The number of carbonyl (C=O) groups excluding carboxylic acids is 1. The number of aliphatic hydroxyl groups is 1. The molecule has 0 radical (unpaired) electrons. The van der Waals surface area contributed by atoms with Gasteiger partial charge in [0.2, 0.25) is 0 Å². The number of hydrogen-bond donors (Lipinski definition) is 4. The molecule has 12 nitrogen and oxygen atoms in total. The summed E-state index contributed by atoms with van der Waals surface area (Å²) in [5.74, 6) is -0.659. The van der Waals surface area contributed by atoms with Gasteiger partial charge in [-0.2, -0.15) is 13.5 Å². The van der Waals surface area contributed by atoms with E-state index in [0.29, 0.717) is 18.5 Å². The maximum atomic E-state index is 12.0. The Kier molecular flexibility index (Phi) is 8.42. The zero-order chi connectivity index (χ0) is 26.3. The Morgan fingerprint density at radius 1 is 0.944 bits per heavy atom. The number of rotatable bonds is 9. The number of methoxy groups -OCH3 is 1. The van der Waals surface area contributed by atoms with Gasteiger partial charge in [0.15, 0.2) is 0 Å². The summed E-state index contributed by atoms with van der Waals surface area (Å²) in [5.41, 5.74) is 12.7. The van der Waals surface area contributed by atoms with Crippen LogP contribution in [0.15, 0.2) is 79.9 Å². The molecule has 0 spiro atoms. The molecule has 0 aliphatic rings. The number of aryl methyl sites for hydroxylation is 1. The Labute approximate surface area is 207 Å². The predicted molar refractivity (Wildman–Crippen MR) is 133 cm³/mol. The van der Waals surface area contributed by atoms with Crippen LogP contribution in [-0.2, 0) is 21.3 Å². The number of benzene rings is 3. The Morgan fingerprint density at radius 2 is 1.67 bits per heavy atom. The Morgan fingerprint density at radius 3 is 2.36 bits per heavy atom. The summed E-state index contributed by atoms with van der Waals surface area (Å²) in [5, 5.41) is 25.1. The fourth-order valence-electron chi connectivity index (χ4n) is 3.18. The minimum absolute atomic E-state index is 0.0492. The minimum atomic E-state index is -4.79. The SMILES string of the molecule is COC(=O)c1ccccc1/N=N/c1c(N)c(/N=N/c2cccc(CCCO)c2)cc(S(=O)(=O)O)c1N. The second kappa shape index (κ2) is 11.5. The highest BCUT2D eigenvalue weighted by molar-refractivity contribution is 7.86. The molecule has 3 aromatic carbocycles. The van der Waals surface area contributed by atoms with Crippen molar-refractivity contribution in [3.63, 3.8) is 0 Å². The van der Waals surface area contributed by atoms with Crippen LogP contribution in [0, 0.1) is 0 Å². The van der Waals surface area contributed by atoms with Gasteiger partial charge in [-0.1, -0.05) is 24.3 Å². The molecule has 6 N–H and O–H groups in total. The largest absolute Gasteiger partial charge is 0.465 e. The molecule has 0 aliphatic heterocycles.